The number of ether oxygens (including phenoxy) is 2. The molecule has 26 heteroatoms. The summed E-state index contributed by atoms with van der Waals surface area (Å²) in [6.07, 6.45) is -4.73. The number of rotatable bonds is 22. The number of likely N-dealkylation sites (N-methyl/N-ethyl adjacent to an activating group) is 1. The summed E-state index contributed by atoms with van der Waals surface area (Å²) in [7, 11) is 1.14. The summed E-state index contributed by atoms with van der Waals surface area (Å²) in [6, 6.07) is 8.51. The Labute approximate surface area is 453 Å². The van der Waals surface area contributed by atoms with E-state index in [9.17, 15) is 66.2 Å². The standard InChI is InChI=1S/C54H57F4N9O13/c1-4-53(78)33-20-38-47-31(25-67(38)50(75)32(33)26-79-52(53)77)46-37(15-14-30-28(2)34(55)21-35(64-47)45(30)46)65(3)51(76)48(54(56,57)58)80-27-62-41(70)23-61-49(74)36(19-29-11-7-5-8-12-29)63-42(71)24-60-40(69)22-59-39(68)13-9-6-10-18-66-43(72)16-17-44(66)73/h5,7-8,11-12,16-17,20-21,36-37,48,78H,4,6,9-10,13-15,18-19,22-27H2,1-3H3,(H,59,68)(H,60,69)(H,61,74)(H,62,70)(H,63,71)/t36-,37-,48-,53-/m0/s1. The second-order valence-electron chi connectivity index (χ2n) is 19.7. The Balaban J connectivity index is 0.870. The Kier molecular flexibility index (Phi) is 17.3. The predicted octanol–water partition coefficient (Wildman–Crippen LogP) is 1.56. The average Bonchev–Trinajstić information content (AvgIpc) is 4.18. The number of imide groups is 1. The first-order chi connectivity index (χ1) is 38.0. The molecule has 0 saturated heterocycles. The zero-order chi connectivity index (χ0) is 57.8. The molecular formula is C54H57F4N9O13. The van der Waals surface area contributed by atoms with Crippen LogP contribution in [0.2, 0.25) is 0 Å². The minimum absolute atomic E-state index is 0.00266. The quantitative estimate of drug-likeness (QED) is 0.0189. The van der Waals surface area contributed by atoms with Gasteiger partial charge in [0.05, 0.1) is 54.7 Å². The molecular weight excluding hydrogens is 1060 g/mol. The molecule has 2 aromatic carbocycles. The van der Waals surface area contributed by atoms with Crippen molar-refractivity contribution in [2.24, 2.45) is 0 Å². The van der Waals surface area contributed by atoms with Crippen LogP contribution in [0.1, 0.15) is 90.4 Å². The third-order valence-electron chi connectivity index (χ3n) is 14.6. The number of halogens is 4. The predicted molar refractivity (Wildman–Crippen MR) is 272 cm³/mol. The molecule has 0 saturated carbocycles. The van der Waals surface area contributed by atoms with Crippen molar-refractivity contribution in [3.63, 3.8) is 0 Å². The Morgan fingerprint density at radius 2 is 1.56 bits per heavy atom. The smallest absolute Gasteiger partial charge is 0.423 e. The van der Waals surface area contributed by atoms with Crippen LogP contribution in [0, 0.1) is 12.7 Å². The lowest BCUT2D eigenvalue weighted by atomic mass is 9.81. The number of cyclic esters (lactones) is 1. The fourth-order valence-corrected chi connectivity index (χ4v) is 10.3. The number of aliphatic hydroxyl groups is 1. The number of alkyl halides is 3. The fourth-order valence-electron chi connectivity index (χ4n) is 10.3. The number of aryl methyl sites for hydroxylation is 1. The lowest BCUT2D eigenvalue weighted by Gasteiger charge is -2.37. The molecule has 0 spiro atoms. The minimum atomic E-state index is -5.33. The van der Waals surface area contributed by atoms with Gasteiger partial charge in [0.15, 0.2) is 5.60 Å². The topological polar surface area (TPSA) is 294 Å². The molecule has 5 heterocycles. The van der Waals surface area contributed by atoms with E-state index in [-0.39, 0.29) is 78.8 Å². The van der Waals surface area contributed by atoms with Crippen LogP contribution in [-0.2, 0) is 84.2 Å². The van der Waals surface area contributed by atoms with Crippen LogP contribution in [0.3, 0.4) is 0 Å². The lowest BCUT2D eigenvalue weighted by Crippen LogP contribution is -2.52. The second kappa shape index (κ2) is 23.9. The molecule has 4 aromatic rings. The number of fused-ring (bicyclic) bond motifs is 5. The van der Waals surface area contributed by atoms with Gasteiger partial charge in [0.25, 0.3) is 23.3 Å². The van der Waals surface area contributed by atoms with Gasteiger partial charge in [-0.1, -0.05) is 43.7 Å². The molecule has 2 aromatic heterocycles. The average molecular weight is 1120 g/mol. The molecule has 0 bridgehead atoms. The third kappa shape index (κ3) is 12.1. The lowest BCUT2D eigenvalue weighted by molar-refractivity contribution is -0.225. The monoisotopic (exact) mass is 1120 g/mol. The molecule has 6 N–H and O–H groups in total. The van der Waals surface area contributed by atoms with Crippen molar-refractivity contribution < 1.29 is 75.3 Å². The van der Waals surface area contributed by atoms with Crippen LogP contribution in [-0.4, -0.2) is 136 Å². The Bertz CT molecular complexity index is 3280. The van der Waals surface area contributed by atoms with Crippen LogP contribution in [0.4, 0.5) is 17.6 Å². The zero-order valence-corrected chi connectivity index (χ0v) is 43.7. The van der Waals surface area contributed by atoms with E-state index in [1.54, 1.807) is 37.3 Å². The van der Waals surface area contributed by atoms with Crippen molar-refractivity contribution in [3.05, 3.63) is 110 Å². The first-order valence-electron chi connectivity index (χ1n) is 25.7. The SMILES string of the molecule is CC[C@@]1(O)C(=O)OCc2c1cc1n(c2=O)Cc2c-1nc1cc(F)c(C)c3c1c2[C@@H](N(C)C(=O)[C@H](OCNC(=O)CNC(=O)[C@H](Cc1ccccc1)NC(=O)CNC(=O)CNC(=O)CCCCCN1C(=O)C=CC1=O)C(F)(F)F)CC3. The summed E-state index contributed by atoms with van der Waals surface area (Å²) < 4.78 is 71.5. The molecule has 4 atom stereocenters. The van der Waals surface area contributed by atoms with Gasteiger partial charge < -0.3 is 50.6 Å². The van der Waals surface area contributed by atoms with Crippen molar-refractivity contribution >= 4 is 64.1 Å². The first kappa shape index (κ1) is 57.8. The zero-order valence-electron chi connectivity index (χ0n) is 43.7. The molecule has 0 fully saturated rings. The number of carbonyl (C=O) groups excluding carboxylic acids is 9. The van der Waals surface area contributed by atoms with E-state index in [2.05, 4.69) is 26.6 Å². The van der Waals surface area contributed by atoms with E-state index >= 15 is 4.39 Å². The van der Waals surface area contributed by atoms with Crippen LogP contribution in [0.5, 0.6) is 0 Å². The summed E-state index contributed by atoms with van der Waals surface area (Å²) in [5.41, 5.74) is -0.376. The van der Waals surface area contributed by atoms with E-state index in [1.807, 2.05) is 0 Å². The second-order valence-corrected chi connectivity index (χ2v) is 19.7. The Hall–Kier alpha value is -8.39. The highest BCUT2D eigenvalue weighted by Gasteiger charge is 2.50. The van der Waals surface area contributed by atoms with E-state index < -0.39 is 128 Å². The van der Waals surface area contributed by atoms with Gasteiger partial charge in [-0.05, 0) is 67.3 Å². The number of benzene rings is 2. The number of hydrogen-bond donors (Lipinski definition) is 6. The van der Waals surface area contributed by atoms with Gasteiger partial charge >= 0.3 is 12.1 Å². The highest BCUT2D eigenvalue weighted by Crippen LogP contribution is 2.48. The van der Waals surface area contributed by atoms with Gasteiger partial charge in [-0.2, -0.15) is 13.2 Å². The van der Waals surface area contributed by atoms with Crippen molar-refractivity contribution in [2.75, 3.05) is 40.0 Å². The summed E-state index contributed by atoms with van der Waals surface area (Å²) >= 11 is 0. The van der Waals surface area contributed by atoms with Crippen LogP contribution < -0.4 is 32.1 Å². The number of unbranched alkanes of at least 4 members (excludes halogenated alkanes) is 2. The first-order valence-corrected chi connectivity index (χ1v) is 25.7. The molecule has 8 amide bonds. The number of esters is 1. The molecule has 1 aliphatic carbocycles. The summed E-state index contributed by atoms with van der Waals surface area (Å²) in [5.74, 6) is -7.87. The van der Waals surface area contributed by atoms with Gasteiger partial charge in [-0.3, -0.25) is 48.1 Å². The van der Waals surface area contributed by atoms with Crippen LogP contribution in [0.15, 0.2) is 59.4 Å². The summed E-state index contributed by atoms with van der Waals surface area (Å²) in [4.78, 5) is 135. The summed E-state index contributed by atoms with van der Waals surface area (Å²) in [5, 5.41) is 23.4. The van der Waals surface area contributed by atoms with E-state index in [4.69, 9.17) is 14.5 Å². The van der Waals surface area contributed by atoms with Crippen molar-refractivity contribution in [3.8, 4) is 11.4 Å². The van der Waals surface area contributed by atoms with Gasteiger partial charge in [0, 0.05) is 61.2 Å². The number of nitrogens with zero attached hydrogens (tertiary/aromatic N) is 4. The number of amides is 8. The molecule has 80 heavy (non-hydrogen) atoms. The normalized spacial score (nSPS) is 17.7. The molecule has 3 aliphatic heterocycles. The molecule has 22 nitrogen and oxygen atoms in total. The maximum atomic E-state index is 15.5. The number of hydrogen-bond acceptors (Lipinski definition) is 14. The molecule has 424 valence electrons. The minimum Gasteiger partial charge on any atom is -0.458 e. The van der Waals surface area contributed by atoms with E-state index in [1.165, 1.54) is 29.7 Å². The van der Waals surface area contributed by atoms with Gasteiger partial charge in [-0.15, -0.1) is 0 Å². The van der Waals surface area contributed by atoms with E-state index in [0.29, 0.717) is 46.9 Å². The molecule has 0 radical (unpaired) electrons. The number of aromatic nitrogens is 2. The maximum absolute atomic E-state index is 15.5. The van der Waals surface area contributed by atoms with Crippen LogP contribution >= 0.6 is 0 Å². The Morgan fingerprint density at radius 3 is 2.26 bits per heavy atom. The fraction of sp³-hybridized carbons (Fsp3) is 0.426. The largest absolute Gasteiger partial charge is 0.458 e. The van der Waals surface area contributed by atoms with Gasteiger partial charge in [-0.25, -0.2) is 14.2 Å². The third-order valence-corrected chi connectivity index (χ3v) is 14.6. The van der Waals surface area contributed by atoms with E-state index in [0.717, 1.165) is 22.9 Å². The summed E-state index contributed by atoms with van der Waals surface area (Å²) in [6.45, 7) is -0.393. The van der Waals surface area contributed by atoms with Gasteiger partial charge in [0.1, 0.15) is 25.2 Å². The Morgan fingerprint density at radius 1 is 0.887 bits per heavy atom. The highest BCUT2D eigenvalue weighted by molar-refractivity contribution is 6.12. The van der Waals surface area contributed by atoms with Crippen molar-refractivity contribution in [1.82, 2.24) is 45.9 Å². The number of carbonyl (C=O) groups is 9. The molecule has 0 unspecified atom stereocenters. The highest BCUT2D eigenvalue weighted by atomic mass is 19.4. The number of pyridine rings is 2. The number of nitrogens with one attached hydrogen (secondary N) is 5. The molecule has 4 aliphatic rings. The van der Waals surface area contributed by atoms with Crippen molar-refractivity contribution in [2.45, 2.75) is 108 Å². The van der Waals surface area contributed by atoms with Crippen molar-refractivity contribution in [1.29, 1.82) is 0 Å². The van der Waals surface area contributed by atoms with Crippen LogP contribution in [0.25, 0.3) is 22.3 Å². The molecule has 8 rings (SSSR count). The van der Waals surface area contributed by atoms with Gasteiger partial charge in [0.2, 0.25) is 35.6 Å². The maximum Gasteiger partial charge on any atom is 0.423 e.